The predicted molar refractivity (Wildman–Crippen MR) is 153 cm³/mol. The topological polar surface area (TPSA) is 86.8 Å². The van der Waals surface area contributed by atoms with Gasteiger partial charge in [0.2, 0.25) is 21.8 Å². The average molecular weight is 577 g/mol. The van der Waals surface area contributed by atoms with E-state index in [4.69, 9.17) is 23.2 Å². The molecule has 7 nitrogen and oxygen atoms in total. The smallest absolute Gasteiger partial charge is 0.244 e. The maximum atomic E-state index is 14.0. The van der Waals surface area contributed by atoms with Crippen LogP contribution in [0.3, 0.4) is 0 Å². The average Bonchev–Trinajstić information content (AvgIpc) is 2.86. The Labute approximate surface area is 234 Å². The van der Waals surface area contributed by atoms with Crippen LogP contribution in [-0.4, -0.2) is 50.5 Å². The Hall–Kier alpha value is -3.07. The molecule has 3 aromatic carbocycles. The van der Waals surface area contributed by atoms with Crippen molar-refractivity contribution in [3.05, 3.63) is 99.5 Å². The first kappa shape index (κ1) is 29.5. The third kappa shape index (κ3) is 7.49. The maximum Gasteiger partial charge on any atom is 0.244 e. The van der Waals surface area contributed by atoms with Crippen LogP contribution in [0.15, 0.2) is 72.8 Å². The van der Waals surface area contributed by atoms with Gasteiger partial charge in [-0.1, -0.05) is 77.8 Å². The van der Waals surface area contributed by atoms with Gasteiger partial charge in [-0.05, 0) is 43.2 Å². The number of carbonyl (C=O) groups excluding carboxylic acids is 2. The summed E-state index contributed by atoms with van der Waals surface area (Å²) in [6.07, 6.45) is 1.26. The van der Waals surface area contributed by atoms with Gasteiger partial charge in [-0.2, -0.15) is 0 Å². The van der Waals surface area contributed by atoms with Crippen LogP contribution in [0.25, 0.3) is 0 Å². The molecular weight excluding hydrogens is 545 g/mol. The first-order chi connectivity index (χ1) is 18.0. The fraction of sp³-hybridized carbons (Fsp3) is 0.286. The van der Waals surface area contributed by atoms with E-state index in [1.807, 2.05) is 30.3 Å². The SMILES string of the molecule is CCNC(=O)[C@@H](Cc1ccccc1)N(Cc1c(Cl)cccc1Cl)C(=O)CN(c1ccccc1C)S(C)(=O)=O. The maximum absolute atomic E-state index is 14.0. The summed E-state index contributed by atoms with van der Waals surface area (Å²) in [5.41, 5.74) is 2.38. The highest BCUT2D eigenvalue weighted by atomic mass is 35.5. The number of amides is 2. The Kier molecular flexibility index (Phi) is 10.2. The summed E-state index contributed by atoms with van der Waals surface area (Å²) in [5, 5.41) is 3.48. The van der Waals surface area contributed by atoms with Crippen LogP contribution in [0.4, 0.5) is 5.69 Å². The number of nitrogens with one attached hydrogen (secondary N) is 1. The van der Waals surface area contributed by atoms with Crippen LogP contribution >= 0.6 is 23.2 Å². The zero-order valence-electron chi connectivity index (χ0n) is 21.5. The molecule has 38 heavy (non-hydrogen) atoms. The minimum Gasteiger partial charge on any atom is -0.355 e. The summed E-state index contributed by atoms with van der Waals surface area (Å²) in [6, 6.07) is 20.3. The molecule has 0 unspecified atom stereocenters. The highest BCUT2D eigenvalue weighted by Gasteiger charge is 2.33. The quantitative estimate of drug-likeness (QED) is 0.354. The van der Waals surface area contributed by atoms with Gasteiger partial charge in [0, 0.05) is 35.1 Å². The van der Waals surface area contributed by atoms with Crippen molar-refractivity contribution in [1.82, 2.24) is 10.2 Å². The monoisotopic (exact) mass is 575 g/mol. The van der Waals surface area contributed by atoms with E-state index in [1.54, 1.807) is 56.3 Å². The van der Waals surface area contributed by atoms with E-state index in [-0.39, 0.29) is 18.9 Å². The van der Waals surface area contributed by atoms with Crippen molar-refractivity contribution in [3.63, 3.8) is 0 Å². The van der Waals surface area contributed by atoms with Gasteiger partial charge in [0.1, 0.15) is 12.6 Å². The number of carbonyl (C=O) groups is 2. The molecule has 3 aromatic rings. The van der Waals surface area contributed by atoms with E-state index in [1.165, 1.54) is 4.90 Å². The largest absolute Gasteiger partial charge is 0.355 e. The van der Waals surface area contributed by atoms with Crippen molar-refractivity contribution < 1.29 is 18.0 Å². The summed E-state index contributed by atoms with van der Waals surface area (Å²) < 4.78 is 26.7. The lowest BCUT2D eigenvalue weighted by Crippen LogP contribution is -2.53. The Balaban J connectivity index is 2.10. The van der Waals surface area contributed by atoms with E-state index in [0.29, 0.717) is 33.4 Å². The molecule has 3 rings (SSSR count). The van der Waals surface area contributed by atoms with Crippen molar-refractivity contribution in [2.75, 3.05) is 23.7 Å². The number of hydrogen-bond acceptors (Lipinski definition) is 4. The molecule has 0 aliphatic heterocycles. The molecule has 1 atom stereocenters. The van der Waals surface area contributed by atoms with Crippen molar-refractivity contribution in [2.45, 2.75) is 32.9 Å². The van der Waals surface area contributed by atoms with Crippen LogP contribution in [-0.2, 0) is 32.6 Å². The summed E-state index contributed by atoms with van der Waals surface area (Å²) in [4.78, 5) is 28.7. The van der Waals surface area contributed by atoms with Gasteiger partial charge >= 0.3 is 0 Å². The second-order valence-electron chi connectivity index (χ2n) is 8.88. The number of rotatable bonds is 11. The van der Waals surface area contributed by atoms with Crippen molar-refractivity contribution in [1.29, 1.82) is 0 Å². The Morgan fingerprint density at radius 1 is 0.921 bits per heavy atom. The van der Waals surface area contributed by atoms with Gasteiger partial charge in [-0.25, -0.2) is 8.42 Å². The highest BCUT2D eigenvalue weighted by Crippen LogP contribution is 2.28. The molecule has 0 heterocycles. The van der Waals surface area contributed by atoms with Gasteiger partial charge < -0.3 is 10.2 Å². The number of anilines is 1. The van der Waals surface area contributed by atoms with Crippen molar-refractivity contribution >= 4 is 50.7 Å². The zero-order chi connectivity index (χ0) is 27.9. The van der Waals surface area contributed by atoms with Crippen LogP contribution in [0.2, 0.25) is 10.0 Å². The van der Waals surface area contributed by atoms with E-state index < -0.39 is 28.5 Å². The van der Waals surface area contributed by atoms with Gasteiger partial charge in [0.25, 0.3) is 0 Å². The number of sulfonamides is 1. The molecule has 10 heteroatoms. The van der Waals surface area contributed by atoms with Crippen molar-refractivity contribution in [3.8, 4) is 0 Å². The molecule has 0 radical (unpaired) electrons. The van der Waals surface area contributed by atoms with E-state index in [0.717, 1.165) is 16.1 Å². The number of hydrogen-bond donors (Lipinski definition) is 1. The number of likely N-dealkylation sites (N-methyl/N-ethyl adjacent to an activating group) is 1. The van der Waals surface area contributed by atoms with Crippen LogP contribution in [0, 0.1) is 6.92 Å². The van der Waals surface area contributed by atoms with E-state index in [2.05, 4.69) is 5.32 Å². The molecule has 0 aliphatic rings. The van der Waals surface area contributed by atoms with Gasteiger partial charge in [-0.15, -0.1) is 0 Å². The molecule has 0 spiro atoms. The van der Waals surface area contributed by atoms with Crippen molar-refractivity contribution in [2.24, 2.45) is 0 Å². The number of aryl methyl sites for hydroxylation is 1. The lowest BCUT2D eigenvalue weighted by molar-refractivity contribution is -0.140. The molecule has 1 N–H and O–H groups in total. The lowest BCUT2D eigenvalue weighted by Gasteiger charge is -2.34. The molecule has 0 bridgehead atoms. The molecule has 2 amide bonds. The molecule has 0 aromatic heterocycles. The fourth-order valence-electron chi connectivity index (χ4n) is 4.14. The Morgan fingerprint density at radius 3 is 2.11 bits per heavy atom. The molecule has 202 valence electrons. The standard InChI is InChI=1S/C28H31Cl2N3O4S/c1-4-31-28(35)26(17-21-12-6-5-7-13-21)32(18-22-23(29)14-10-15-24(22)30)27(34)19-33(38(3,36)37)25-16-9-8-11-20(25)2/h5-16,26H,4,17-19H2,1-3H3,(H,31,35)/t26-/m1/s1. The minimum atomic E-state index is -3.84. The summed E-state index contributed by atoms with van der Waals surface area (Å²) in [6.45, 7) is 3.33. The number of halogens is 2. The number of nitrogens with zero attached hydrogens (tertiary/aromatic N) is 2. The van der Waals surface area contributed by atoms with Gasteiger partial charge in [-0.3, -0.25) is 13.9 Å². The summed E-state index contributed by atoms with van der Waals surface area (Å²) >= 11 is 12.9. The second kappa shape index (κ2) is 13.1. The highest BCUT2D eigenvalue weighted by molar-refractivity contribution is 7.92. The van der Waals surface area contributed by atoms with Gasteiger partial charge in [0.05, 0.1) is 11.9 Å². The van der Waals surface area contributed by atoms with E-state index in [9.17, 15) is 18.0 Å². The molecule has 0 aliphatic carbocycles. The Morgan fingerprint density at radius 2 is 1.53 bits per heavy atom. The molecule has 0 fully saturated rings. The first-order valence-corrected chi connectivity index (χ1v) is 14.7. The fourth-order valence-corrected chi connectivity index (χ4v) is 5.56. The number of para-hydroxylation sites is 1. The van der Waals surface area contributed by atoms with E-state index >= 15 is 0 Å². The zero-order valence-corrected chi connectivity index (χ0v) is 23.9. The lowest BCUT2D eigenvalue weighted by atomic mass is 10.0. The summed E-state index contributed by atoms with van der Waals surface area (Å²) in [7, 11) is -3.84. The van der Waals surface area contributed by atoms with Crippen LogP contribution in [0.5, 0.6) is 0 Å². The number of benzene rings is 3. The Bertz CT molecular complexity index is 1360. The normalized spacial score (nSPS) is 12.0. The summed E-state index contributed by atoms with van der Waals surface area (Å²) in [5.74, 6) is -0.934. The second-order valence-corrected chi connectivity index (χ2v) is 11.6. The predicted octanol–water partition coefficient (Wildman–Crippen LogP) is 4.84. The third-order valence-electron chi connectivity index (χ3n) is 6.08. The van der Waals surface area contributed by atoms with Crippen LogP contribution < -0.4 is 9.62 Å². The first-order valence-electron chi connectivity index (χ1n) is 12.1. The third-order valence-corrected chi connectivity index (χ3v) is 7.91. The molecule has 0 saturated carbocycles. The molecular formula is C28H31Cl2N3O4S. The minimum absolute atomic E-state index is 0.0860. The van der Waals surface area contributed by atoms with Crippen LogP contribution in [0.1, 0.15) is 23.6 Å². The molecule has 0 saturated heterocycles. The van der Waals surface area contributed by atoms with Gasteiger partial charge in [0.15, 0.2) is 0 Å².